The molecule has 2 unspecified atom stereocenters. The fourth-order valence-electron chi connectivity index (χ4n) is 3.85. The normalized spacial score (nSPS) is 17.5. The lowest BCUT2D eigenvalue weighted by atomic mass is 9.98. The van der Waals surface area contributed by atoms with Crippen molar-refractivity contribution in [3.8, 4) is 0 Å². The first-order valence-electron chi connectivity index (χ1n) is 9.77. The number of anilines is 1. The molecule has 2 N–H and O–H groups in total. The largest absolute Gasteiger partial charge is 0.369 e. The standard InChI is InChI=1S/C21H22ClN3.C2H6/c1-14(23)18-12-19(22)17-8-5-10-24-20(17)21(18)25-11-9-16(13-25)15-6-3-2-4-7-15;1-2/h2-8,10,12,14,16H,9,11,13,23H2,1H3;1-2H3. The Balaban J connectivity index is 0.00000102. The minimum Gasteiger partial charge on any atom is -0.369 e. The fraction of sp³-hybridized carbons (Fsp3) is 0.348. The van der Waals surface area contributed by atoms with Gasteiger partial charge in [-0.3, -0.25) is 4.98 Å². The molecule has 3 nitrogen and oxygen atoms in total. The lowest BCUT2D eigenvalue weighted by Crippen LogP contribution is -2.23. The van der Waals surface area contributed by atoms with Crippen molar-refractivity contribution in [2.24, 2.45) is 5.73 Å². The Morgan fingerprint density at radius 3 is 2.59 bits per heavy atom. The first-order chi connectivity index (χ1) is 13.1. The number of benzene rings is 2. The molecule has 0 spiro atoms. The van der Waals surface area contributed by atoms with Gasteiger partial charge >= 0.3 is 0 Å². The molecule has 0 bridgehead atoms. The van der Waals surface area contributed by atoms with Crippen molar-refractivity contribution in [3.63, 3.8) is 0 Å². The molecule has 1 fully saturated rings. The highest BCUT2D eigenvalue weighted by molar-refractivity contribution is 6.36. The van der Waals surface area contributed by atoms with Crippen molar-refractivity contribution < 1.29 is 0 Å². The molecule has 0 aliphatic carbocycles. The Labute approximate surface area is 167 Å². The Kier molecular flexibility index (Phi) is 6.35. The molecule has 0 radical (unpaired) electrons. The number of pyridine rings is 1. The van der Waals surface area contributed by atoms with Crippen molar-refractivity contribution in [2.45, 2.75) is 39.2 Å². The van der Waals surface area contributed by atoms with E-state index >= 15 is 0 Å². The predicted octanol–water partition coefficient (Wildman–Crippen LogP) is 5.93. The van der Waals surface area contributed by atoms with E-state index in [4.69, 9.17) is 17.3 Å². The van der Waals surface area contributed by atoms with Crippen molar-refractivity contribution >= 4 is 28.2 Å². The lowest BCUT2D eigenvalue weighted by molar-refractivity contribution is 0.772. The van der Waals surface area contributed by atoms with Gasteiger partial charge in [-0.1, -0.05) is 55.8 Å². The van der Waals surface area contributed by atoms with Crippen molar-refractivity contribution in [1.82, 2.24) is 4.98 Å². The van der Waals surface area contributed by atoms with Crippen LogP contribution in [0.5, 0.6) is 0 Å². The molecule has 2 atom stereocenters. The minimum absolute atomic E-state index is 0.0883. The highest BCUT2D eigenvalue weighted by Crippen LogP contribution is 2.40. The summed E-state index contributed by atoms with van der Waals surface area (Å²) in [5, 5.41) is 1.71. The van der Waals surface area contributed by atoms with Crippen LogP contribution in [0.3, 0.4) is 0 Å². The topological polar surface area (TPSA) is 42.1 Å². The third-order valence-corrected chi connectivity index (χ3v) is 5.42. The van der Waals surface area contributed by atoms with E-state index in [2.05, 4.69) is 40.2 Å². The van der Waals surface area contributed by atoms with Gasteiger partial charge in [-0.15, -0.1) is 0 Å². The van der Waals surface area contributed by atoms with E-state index in [-0.39, 0.29) is 6.04 Å². The molecule has 27 heavy (non-hydrogen) atoms. The van der Waals surface area contributed by atoms with Crippen LogP contribution in [0.4, 0.5) is 5.69 Å². The van der Waals surface area contributed by atoms with Crippen LogP contribution in [-0.2, 0) is 0 Å². The van der Waals surface area contributed by atoms with Crippen molar-refractivity contribution in [1.29, 1.82) is 0 Å². The second kappa shape index (κ2) is 8.73. The molecular formula is C23H28ClN3. The minimum atomic E-state index is -0.0883. The highest BCUT2D eigenvalue weighted by Gasteiger charge is 2.28. The molecule has 1 aromatic heterocycles. The number of aromatic nitrogens is 1. The molecule has 0 saturated carbocycles. The Hall–Kier alpha value is -2.10. The van der Waals surface area contributed by atoms with Crippen molar-refractivity contribution in [3.05, 3.63) is 70.9 Å². The van der Waals surface area contributed by atoms with E-state index < -0.39 is 0 Å². The van der Waals surface area contributed by atoms with Crippen LogP contribution in [0.2, 0.25) is 5.02 Å². The number of nitrogens with two attached hydrogens (primary N) is 1. The van der Waals surface area contributed by atoms with E-state index in [1.807, 2.05) is 45.2 Å². The summed E-state index contributed by atoms with van der Waals surface area (Å²) >= 11 is 6.50. The van der Waals surface area contributed by atoms with Crippen LogP contribution in [0.1, 0.15) is 50.3 Å². The zero-order valence-electron chi connectivity index (χ0n) is 16.3. The average Bonchev–Trinajstić information content (AvgIpc) is 3.20. The monoisotopic (exact) mass is 381 g/mol. The highest BCUT2D eigenvalue weighted by atomic mass is 35.5. The summed E-state index contributed by atoms with van der Waals surface area (Å²) in [6.07, 6.45) is 2.97. The Morgan fingerprint density at radius 2 is 1.89 bits per heavy atom. The number of nitrogens with zero attached hydrogens (tertiary/aromatic N) is 2. The van der Waals surface area contributed by atoms with Gasteiger partial charge in [-0.05, 0) is 42.7 Å². The summed E-state index contributed by atoms with van der Waals surface area (Å²) in [5.74, 6) is 0.538. The van der Waals surface area contributed by atoms with Crippen LogP contribution in [0.15, 0.2) is 54.7 Å². The van der Waals surface area contributed by atoms with Crippen LogP contribution in [0.25, 0.3) is 10.9 Å². The van der Waals surface area contributed by atoms with Crippen LogP contribution in [0, 0.1) is 0 Å². The molecule has 1 aliphatic rings. The molecule has 2 aromatic carbocycles. The summed E-state index contributed by atoms with van der Waals surface area (Å²) < 4.78 is 0. The summed E-state index contributed by atoms with van der Waals surface area (Å²) in [5.41, 5.74) is 10.9. The van der Waals surface area contributed by atoms with Gasteiger partial charge in [0.25, 0.3) is 0 Å². The molecule has 0 amide bonds. The van der Waals surface area contributed by atoms with E-state index in [9.17, 15) is 0 Å². The third-order valence-electron chi connectivity index (χ3n) is 5.11. The first-order valence-corrected chi connectivity index (χ1v) is 10.2. The predicted molar refractivity (Wildman–Crippen MR) is 117 cm³/mol. The maximum atomic E-state index is 6.50. The number of rotatable bonds is 3. The maximum absolute atomic E-state index is 6.50. The fourth-order valence-corrected chi connectivity index (χ4v) is 4.12. The maximum Gasteiger partial charge on any atom is 0.0953 e. The average molecular weight is 382 g/mol. The second-order valence-electron chi connectivity index (χ2n) is 6.83. The van der Waals surface area contributed by atoms with Gasteiger partial charge in [0.15, 0.2) is 0 Å². The second-order valence-corrected chi connectivity index (χ2v) is 7.23. The molecule has 1 saturated heterocycles. The first kappa shape index (κ1) is 19.7. The Bertz CT molecular complexity index is 893. The summed E-state index contributed by atoms with van der Waals surface area (Å²) in [4.78, 5) is 7.08. The summed E-state index contributed by atoms with van der Waals surface area (Å²) in [6.45, 7) is 8.00. The van der Waals surface area contributed by atoms with Crippen LogP contribution in [-0.4, -0.2) is 18.1 Å². The SMILES string of the molecule is CC.CC(N)c1cc(Cl)c2cccnc2c1N1CCC(c2ccccc2)C1. The zero-order valence-corrected chi connectivity index (χ0v) is 17.1. The lowest BCUT2D eigenvalue weighted by Gasteiger charge is -2.25. The van der Waals surface area contributed by atoms with E-state index in [0.29, 0.717) is 5.92 Å². The molecule has 3 aromatic rings. The molecular weight excluding hydrogens is 354 g/mol. The van der Waals surface area contributed by atoms with Crippen molar-refractivity contribution in [2.75, 3.05) is 18.0 Å². The van der Waals surface area contributed by atoms with Gasteiger partial charge in [0.2, 0.25) is 0 Å². The van der Waals surface area contributed by atoms with Gasteiger partial charge in [0.05, 0.1) is 16.2 Å². The summed E-state index contributed by atoms with van der Waals surface area (Å²) in [6, 6.07) is 16.6. The van der Waals surface area contributed by atoms with Gasteiger partial charge in [0, 0.05) is 36.6 Å². The number of halogens is 1. The van der Waals surface area contributed by atoms with E-state index in [1.165, 1.54) is 5.56 Å². The zero-order chi connectivity index (χ0) is 19.4. The van der Waals surface area contributed by atoms with Gasteiger partial charge < -0.3 is 10.6 Å². The van der Waals surface area contributed by atoms with Gasteiger partial charge in [-0.2, -0.15) is 0 Å². The smallest absolute Gasteiger partial charge is 0.0953 e. The van der Waals surface area contributed by atoms with E-state index in [1.54, 1.807) is 0 Å². The molecule has 4 rings (SSSR count). The van der Waals surface area contributed by atoms with Crippen LogP contribution >= 0.6 is 11.6 Å². The van der Waals surface area contributed by atoms with E-state index in [0.717, 1.165) is 46.7 Å². The molecule has 1 aliphatic heterocycles. The quantitative estimate of drug-likeness (QED) is 0.611. The molecule has 142 valence electrons. The van der Waals surface area contributed by atoms with Gasteiger partial charge in [0.1, 0.15) is 0 Å². The molecule has 2 heterocycles. The number of hydrogen-bond donors (Lipinski definition) is 1. The summed E-state index contributed by atoms with van der Waals surface area (Å²) in [7, 11) is 0. The van der Waals surface area contributed by atoms with Gasteiger partial charge in [-0.25, -0.2) is 0 Å². The Morgan fingerprint density at radius 1 is 1.15 bits per heavy atom. The number of hydrogen-bond acceptors (Lipinski definition) is 3. The number of fused-ring (bicyclic) bond motifs is 1. The third kappa shape index (κ3) is 3.95. The van der Waals surface area contributed by atoms with Crippen LogP contribution < -0.4 is 10.6 Å². The molecule has 4 heteroatoms.